The van der Waals surface area contributed by atoms with Crippen LogP contribution in [0.1, 0.15) is 6.42 Å². The molecule has 0 radical (unpaired) electrons. The van der Waals surface area contributed by atoms with Crippen molar-refractivity contribution in [1.29, 1.82) is 0 Å². The molecule has 0 amide bonds. The van der Waals surface area contributed by atoms with Gasteiger partial charge in [-0.3, -0.25) is 4.72 Å². The maximum absolute atomic E-state index is 11.7. The second kappa shape index (κ2) is 5.37. The quantitative estimate of drug-likeness (QED) is 0.868. The van der Waals surface area contributed by atoms with E-state index in [9.17, 15) is 8.42 Å². The van der Waals surface area contributed by atoms with Crippen LogP contribution in [0.3, 0.4) is 0 Å². The van der Waals surface area contributed by atoms with E-state index in [2.05, 4.69) is 4.72 Å². The van der Waals surface area contributed by atoms with Crippen molar-refractivity contribution in [2.75, 3.05) is 17.1 Å². The van der Waals surface area contributed by atoms with E-state index in [0.717, 1.165) is 10.8 Å². The van der Waals surface area contributed by atoms with Gasteiger partial charge in [0.15, 0.2) is 0 Å². The highest BCUT2D eigenvalue weighted by atomic mass is 32.2. The number of aliphatic hydroxyl groups excluding tert-OH is 1. The topological polar surface area (TPSA) is 66.4 Å². The Labute approximate surface area is 106 Å². The number of aliphatic hydroxyl groups is 1. The predicted molar refractivity (Wildman–Crippen MR) is 73.1 cm³/mol. The van der Waals surface area contributed by atoms with Gasteiger partial charge in [0.1, 0.15) is 0 Å². The van der Waals surface area contributed by atoms with Crippen LogP contribution in [-0.4, -0.2) is 25.9 Å². The van der Waals surface area contributed by atoms with Crippen molar-refractivity contribution in [2.45, 2.75) is 6.42 Å². The van der Waals surface area contributed by atoms with Gasteiger partial charge < -0.3 is 5.11 Å². The van der Waals surface area contributed by atoms with Crippen LogP contribution in [0.2, 0.25) is 0 Å². The van der Waals surface area contributed by atoms with Gasteiger partial charge >= 0.3 is 0 Å². The summed E-state index contributed by atoms with van der Waals surface area (Å²) in [6, 6.07) is 13.2. The monoisotopic (exact) mass is 265 g/mol. The fraction of sp³-hybridized carbons (Fsp3) is 0.231. The van der Waals surface area contributed by atoms with E-state index in [1.165, 1.54) is 0 Å². The van der Waals surface area contributed by atoms with Crippen molar-refractivity contribution in [3.05, 3.63) is 42.5 Å². The Morgan fingerprint density at radius 3 is 2.50 bits per heavy atom. The van der Waals surface area contributed by atoms with Gasteiger partial charge in [0.05, 0.1) is 5.75 Å². The van der Waals surface area contributed by atoms with Crippen molar-refractivity contribution in [3.8, 4) is 0 Å². The van der Waals surface area contributed by atoms with Crippen LogP contribution in [0.15, 0.2) is 42.5 Å². The summed E-state index contributed by atoms with van der Waals surface area (Å²) >= 11 is 0. The van der Waals surface area contributed by atoms with Crippen LogP contribution in [0.4, 0.5) is 5.69 Å². The molecule has 2 rings (SSSR count). The van der Waals surface area contributed by atoms with Gasteiger partial charge in [-0.15, -0.1) is 0 Å². The Hall–Kier alpha value is -1.59. The number of benzene rings is 2. The van der Waals surface area contributed by atoms with E-state index in [-0.39, 0.29) is 18.8 Å². The third-order valence-electron chi connectivity index (χ3n) is 2.59. The molecule has 0 aliphatic carbocycles. The Bertz CT molecular complexity index is 637. The molecule has 0 saturated heterocycles. The Morgan fingerprint density at radius 1 is 1.06 bits per heavy atom. The first-order valence-corrected chi connectivity index (χ1v) is 7.36. The molecular formula is C13H15NO3S. The first kappa shape index (κ1) is 12.9. The Morgan fingerprint density at radius 2 is 1.78 bits per heavy atom. The van der Waals surface area contributed by atoms with Crippen LogP contribution in [-0.2, 0) is 10.0 Å². The number of nitrogens with one attached hydrogen (secondary N) is 1. The first-order valence-electron chi connectivity index (χ1n) is 5.71. The number of rotatable bonds is 5. The standard InChI is InChI=1S/C13H15NO3S/c15-8-3-9-18(16,17)14-13-7-6-11-4-1-2-5-12(11)10-13/h1-2,4-7,10,14-15H,3,8-9H2. The zero-order chi connectivity index (χ0) is 13.0. The van der Waals surface area contributed by atoms with Gasteiger partial charge in [-0.05, 0) is 29.3 Å². The summed E-state index contributed by atoms with van der Waals surface area (Å²) in [5, 5.41) is 10.7. The van der Waals surface area contributed by atoms with Crippen molar-refractivity contribution in [3.63, 3.8) is 0 Å². The highest BCUT2D eigenvalue weighted by Gasteiger charge is 2.09. The summed E-state index contributed by atoms with van der Waals surface area (Å²) in [6.07, 6.45) is 0.239. The number of fused-ring (bicyclic) bond motifs is 1. The molecule has 2 aromatic carbocycles. The molecule has 0 fully saturated rings. The minimum absolute atomic E-state index is 0.0731. The lowest BCUT2D eigenvalue weighted by atomic mass is 10.1. The highest BCUT2D eigenvalue weighted by molar-refractivity contribution is 7.92. The van der Waals surface area contributed by atoms with Gasteiger partial charge in [0.2, 0.25) is 10.0 Å². The lowest BCUT2D eigenvalue weighted by molar-refractivity contribution is 0.295. The molecule has 5 heteroatoms. The molecule has 4 nitrogen and oxygen atoms in total. The summed E-state index contributed by atoms with van der Waals surface area (Å²) in [5.41, 5.74) is 0.548. The van der Waals surface area contributed by atoms with Crippen molar-refractivity contribution in [2.24, 2.45) is 0 Å². The van der Waals surface area contributed by atoms with Gasteiger partial charge in [-0.2, -0.15) is 0 Å². The average molecular weight is 265 g/mol. The molecule has 0 aromatic heterocycles. The molecule has 0 aliphatic rings. The van der Waals surface area contributed by atoms with Crippen LogP contribution in [0.5, 0.6) is 0 Å². The van der Waals surface area contributed by atoms with E-state index < -0.39 is 10.0 Å². The van der Waals surface area contributed by atoms with E-state index in [4.69, 9.17) is 5.11 Å². The number of sulfonamides is 1. The largest absolute Gasteiger partial charge is 0.396 e. The summed E-state index contributed by atoms with van der Waals surface area (Å²) in [7, 11) is -3.38. The smallest absolute Gasteiger partial charge is 0.232 e. The van der Waals surface area contributed by atoms with E-state index in [1.54, 1.807) is 12.1 Å². The minimum atomic E-state index is -3.38. The molecule has 0 unspecified atom stereocenters. The second-order valence-corrected chi connectivity index (χ2v) is 5.90. The summed E-state index contributed by atoms with van der Waals surface area (Å²) in [5.74, 6) is -0.0731. The maximum Gasteiger partial charge on any atom is 0.232 e. The lowest BCUT2D eigenvalue weighted by Gasteiger charge is -2.08. The summed E-state index contributed by atoms with van der Waals surface area (Å²) < 4.78 is 25.9. The fourth-order valence-electron chi connectivity index (χ4n) is 1.74. The molecule has 0 spiro atoms. The zero-order valence-electron chi connectivity index (χ0n) is 9.83. The molecule has 0 bridgehead atoms. The number of hydrogen-bond donors (Lipinski definition) is 2. The third kappa shape index (κ3) is 3.21. The van der Waals surface area contributed by atoms with Crippen LogP contribution < -0.4 is 4.72 Å². The van der Waals surface area contributed by atoms with Crippen LogP contribution in [0.25, 0.3) is 10.8 Å². The molecule has 18 heavy (non-hydrogen) atoms. The molecule has 0 heterocycles. The second-order valence-electron chi connectivity index (χ2n) is 4.06. The van der Waals surface area contributed by atoms with Gasteiger partial charge in [0, 0.05) is 12.3 Å². The van der Waals surface area contributed by atoms with Gasteiger partial charge in [0.25, 0.3) is 0 Å². The van der Waals surface area contributed by atoms with Crippen molar-refractivity contribution in [1.82, 2.24) is 0 Å². The first-order chi connectivity index (χ1) is 8.61. The van der Waals surface area contributed by atoms with Crippen molar-refractivity contribution >= 4 is 26.5 Å². The van der Waals surface area contributed by atoms with Crippen LogP contribution in [0, 0.1) is 0 Å². The molecule has 0 aliphatic heterocycles. The summed E-state index contributed by atoms with van der Waals surface area (Å²) in [4.78, 5) is 0. The maximum atomic E-state index is 11.7. The molecular weight excluding hydrogens is 250 g/mol. The molecule has 0 atom stereocenters. The van der Waals surface area contributed by atoms with E-state index in [1.807, 2.05) is 30.3 Å². The summed E-state index contributed by atoms with van der Waals surface area (Å²) in [6.45, 7) is -0.126. The minimum Gasteiger partial charge on any atom is -0.396 e. The fourth-order valence-corrected chi connectivity index (χ4v) is 2.84. The number of anilines is 1. The number of hydrogen-bond acceptors (Lipinski definition) is 3. The third-order valence-corrected chi connectivity index (χ3v) is 3.97. The zero-order valence-corrected chi connectivity index (χ0v) is 10.7. The Kier molecular flexibility index (Phi) is 3.84. The van der Waals surface area contributed by atoms with Gasteiger partial charge in [-0.25, -0.2) is 8.42 Å². The predicted octanol–water partition coefficient (Wildman–Crippen LogP) is 1.96. The normalized spacial score (nSPS) is 11.6. The van der Waals surface area contributed by atoms with E-state index >= 15 is 0 Å². The Balaban J connectivity index is 2.22. The molecule has 2 aromatic rings. The van der Waals surface area contributed by atoms with Crippen molar-refractivity contribution < 1.29 is 13.5 Å². The SMILES string of the molecule is O=S(=O)(CCCO)Nc1ccc2ccccc2c1. The molecule has 2 N–H and O–H groups in total. The van der Waals surface area contributed by atoms with Gasteiger partial charge in [-0.1, -0.05) is 30.3 Å². The molecule has 0 saturated carbocycles. The highest BCUT2D eigenvalue weighted by Crippen LogP contribution is 2.19. The molecule has 96 valence electrons. The van der Waals surface area contributed by atoms with Crippen LogP contribution >= 0.6 is 0 Å². The average Bonchev–Trinajstić information content (AvgIpc) is 2.36. The lowest BCUT2D eigenvalue weighted by Crippen LogP contribution is -2.17. The van der Waals surface area contributed by atoms with E-state index in [0.29, 0.717) is 5.69 Å².